The van der Waals surface area contributed by atoms with E-state index in [-0.39, 0.29) is 16.7 Å². The van der Waals surface area contributed by atoms with Gasteiger partial charge in [-0.05, 0) is 43.0 Å². The van der Waals surface area contributed by atoms with Crippen LogP contribution >= 0.6 is 0 Å². The third kappa shape index (κ3) is 3.09. The number of benzene rings is 1. The van der Waals surface area contributed by atoms with Crippen molar-refractivity contribution in [2.75, 3.05) is 7.05 Å². The van der Waals surface area contributed by atoms with Crippen LogP contribution in [0.1, 0.15) is 32.6 Å². The fraction of sp³-hybridized carbons (Fsp3) is 0.571. The van der Waals surface area contributed by atoms with E-state index >= 15 is 0 Å². The molecular formula is C14H21NO3S. The van der Waals surface area contributed by atoms with Crippen molar-refractivity contribution in [3.8, 4) is 5.75 Å². The molecule has 0 aliphatic heterocycles. The number of aromatic hydroxyl groups is 1. The van der Waals surface area contributed by atoms with E-state index < -0.39 is 10.0 Å². The molecule has 2 atom stereocenters. The molecule has 1 aliphatic rings. The Hall–Kier alpha value is -1.07. The zero-order valence-electron chi connectivity index (χ0n) is 11.4. The quantitative estimate of drug-likeness (QED) is 0.927. The average Bonchev–Trinajstić information content (AvgIpc) is 2.38. The maximum atomic E-state index is 12.5. The molecule has 0 aromatic heterocycles. The lowest BCUT2D eigenvalue weighted by Crippen LogP contribution is -2.39. The predicted molar refractivity (Wildman–Crippen MR) is 74.5 cm³/mol. The Labute approximate surface area is 115 Å². The SMILES string of the molecule is CC1CCCC(N(C)S(=O)(=O)c2ccc(O)cc2)C1. The van der Waals surface area contributed by atoms with E-state index in [2.05, 4.69) is 6.92 Å². The van der Waals surface area contributed by atoms with Gasteiger partial charge in [0, 0.05) is 13.1 Å². The third-order valence-electron chi connectivity index (χ3n) is 3.94. The molecule has 1 fully saturated rings. The lowest BCUT2D eigenvalue weighted by Gasteiger charge is -2.33. The molecule has 1 aliphatic carbocycles. The molecular weight excluding hydrogens is 262 g/mol. The Morgan fingerprint density at radius 3 is 2.42 bits per heavy atom. The molecule has 1 aromatic carbocycles. The average molecular weight is 283 g/mol. The number of hydrogen-bond donors (Lipinski definition) is 1. The zero-order valence-corrected chi connectivity index (χ0v) is 12.2. The highest BCUT2D eigenvalue weighted by molar-refractivity contribution is 7.89. The Kier molecular flexibility index (Phi) is 4.16. The molecule has 4 nitrogen and oxygen atoms in total. The second-order valence-electron chi connectivity index (χ2n) is 5.44. The first-order chi connectivity index (χ1) is 8.91. The van der Waals surface area contributed by atoms with Gasteiger partial charge in [0.25, 0.3) is 0 Å². The number of rotatable bonds is 3. The fourth-order valence-corrected chi connectivity index (χ4v) is 4.11. The van der Waals surface area contributed by atoms with Crippen molar-refractivity contribution in [3.05, 3.63) is 24.3 Å². The first kappa shape index (κ1) is 14.3. The summed E-state index contributed by atoms with van der Waals surface area (Å²) in [5, 5.41) is 9.24. The molecule has 2 rings (SSSR count). The lowest BCUT2D eigenvalue weighted by molar-refractivity contribution is 0.239. The van der Waals surface area contributed by atoms with E-state index in [1.807, 2.05) is 0 Å². The normalized spacial score (nSPS) is 24.6. The van der Waals surface area contributed by atoms with Crippen LogP contribution in [0.4, 0.5) is 0 Å². The standard InChI is InChI=1S/C14H21NO3S/c1-11-4-3-5-12(10-11)15(2)19(17,18)14-8-6-13(16)7-9-14/h6-9,11-12,16H,3-5,10H2,1-2H3. The van der Waals surface area contributed by atoms with Crippen molar-refractivity contribution >= 4 is 10.0 Å². The molecule has 0 amide bonds. The van der Waals surface area contributed by atoms with Gasteiger partial charge in [0.1, 0.15) is 5.75 Å². The molecule has 5 heteroatoms. The summed E-state index contributed by atoms with van der Waals surface area (Å²) in [6, 6.07) is 5.80. The van der Waals surface area contributed by atoms with Crippen LogP contribution in [0.15, 0.2) is 29.2 Å². The van der Waals surface area contributed by atoms with Gasteiger partial charge < -0.3 is 5.11 Å². The highest BCUT2D eigenvalue weighted by Crippen LogP contribution is 2.30. The minimum Gasteiger partial charge on any atom is -0.508 e. The first-order valence-electron chi connectivity index (χ1n) is 6.68. The van der Waals surface area contributed by atoms with Crippen molar-refractivity contribution in [2.45, 2.75) is 43.5 Å². The van der Waals surface area contributed by atoms with Crippen molar-refractivity contribution in [1.82, 2.24) is 4.31 Å². The Morgan fingerprint density at radius 1 is 1.21 bits per heavy atom. The third-order valence-corrected chi connectivity index (χ3v) is 5.86. The minimum atomic E-state index is -3.46. The van der Waals surface area contributed by atoms with Crippen LogP contribution in [0.5, 0.6) is 5.75 Å². The molecule has 106 valence electrons. The van der Waals surface area contributed by atoms with E-state index in [0.29, 0.717) is 5.92 Å². The molecule has 1 N–H and O–H groups in total. The summed E-state index contributed by atoms with van der Waals surface area (Å²) in [6.07, 6.45) is 4.12. The maximum absolute atomic E-state index is 12.5. The van der Waals surface area contributed by atoms with Crippen LogP contribution in [0.3, 0.4) is 0 Å². The van der Waals surface area contributed by atoms with E-state index in [0.717, 1.165) is 19.3 Å². The number of sulfonamides is 1. The van der Waals surface area contributed by atoms with Crippen LogP contribution in [-0.2, 0) is 10.0 Å². The summed E-state index contributed by atoms with van der Waals surface area (Å²) in [7, 11) is -1.80. The largest absolute Gasteiger partial charge is 0.508 e. The van der Waals surface area contributed by atoms with Crippen molar-refractivity contribution in [2.24, 2.45) is 5.92 Å². The van der Waals surface area contributed by atoms with E-state index in [9.17, 15) is 13.5 Å². The highest BCUT2D eigenvalue weighted by Gasteiger charge is 2.30. The Morgan fingerprint density at radius 2 is 1.84 bits per heavy atom. The van der Waals surface area contributed by atoms with Gasteiger partial charge in [-0.3, -0.25) is 0 Å². The summed E-state index contributed by atoms with van der Waals surface area (Å²) in [5.41, 5.74) is 0. The number of phenols is 1. The van der Waals surface area contributed by atoms with Crippen LogP contribution in [0.25, 0.3) is 0 Å². The van der Waals surface area contributed by atoms with E-state index in [1.54, 1.807) is 7.05 Å². The molecule has 0 heterocycles. The summed E-state index contributed by atoms with van der Waals surface area (Å²) < 4.78 is 26.5. The monoisotopic (exact) mass is 283 g/mol. The molecule has 0 saturated heterocycles. The van der Waals surface area contributed by atoms with Gasteiger partial charge in [-0.2, -0.15) is 4.31 Å². The van der Waals surface area contributed by atoms with Crippen LogP contribution in [-0.4, -0.2) is 30.9 Å². The molecule has 2 unspecified atom stereocenters. The van der Waals surface area contributed by atoms with Gasteiger partial charge in [-0.15, -0.1) is 0 Å². The fourth-order valence-electron chi connectivity index (χ4n) is 2.71. The zero-order chi connectivity index (χ0) is 14.0. The Balaban J connectivity index is 2.21. The molecule has 0 spiro atoms. The number of nitrogens with zero attached hydrogens (tertiary/aromatic N) is 1. The van der Waals surface area contributed by atoms with Gasteiger partial charge in [0.2, 0.25) is 10.0 Å². The lowest BCUT2D eigenvalue weighted by atomic mass is 9.87. The summed E-state index contributed by atoms with van der Waals surface area (Å²) in [6.45, 7) is 2.17. The summed E-state index contributed by atoms with van der Waals surface area (Å²) in [5.74, 6) is 0.657. The van der Waals surface area contributed by atoms with Crippen molar-refractivity contribution in [3.63, 3.8) is 0 Å². The van der Waals surface area contributed by atoms with Gasteiger partial charge in [0.05, 0.1) is 4.90 Å². The van der Waals surface area contributed by atoms with Gasteiger partial charge in [-0.25, -0.2) is 8.42 Å². The Bertz CT molecular complexity index is 524. The first-order valence-corrected chi connectivity index (χ1v) is 8.12. The predicted octanol–water partition coefficient (Wildman–Crippen LogP) is 2.59. The summed E-state index contributed by atoms with van der Waals surface area (Å²) >= 11 is 0. The highest BCUT2D eigenvalue weighted by atomic mass is 32.2. The van der Waals surface area contributed by atoms with E-state index in [4.69, 9.17) is 0 Å². The van der Waals surface area contributed by atoms with Gasteiger partial charge >= 0.3 is 0 Å². The molecule has 1 saturated carbocycles. The maximum Gasteiger partial charge on any atom is 0.243 e. The minimum absolute atomic E-state index is 0.0768. The second kappa shape index (κ2) is 5.51. The summed E-state index contributed by atoms with van der Waals surface area (Å²) in [4.78, 5) is 0.242. The van der Waals surface area contributed by atoms with Gasteiger partial charge in [0.15, 0.2) is 0 Å². The van der Waals surface area contributed by atoms with Gasteiger partial charge in [-0.1, -0.05) is 19.8 Å². The molecule has 0 bridgehead atoms. The topological polar surface area (TPSA) is 57.6 Å². The van der Waals surface area contributed by atoms with E-state index in [1.165, 1.54) is 35.0 Å². The van der Waals surface area contributed by atoms with Crippen LogP contribution in [0.2, 0.25) is 0 Å². The second-order valence-corrected chi connectivity index (χ2v) is 7.44. The molecule has 0 radical (unpaired) electrons. The molecule has 1 aromatic rings. The number of hydrogen-bond acceptors (Lipinski definition) is 3. The van der Waals surface area contributed by atoms with Crippen LogP contribution in [0, 0.1) is 5.92 Å². The van der Waals surface area contributed by atoms with Crippen molar-refractivity contribution < 1.29 is 13.5 Å². The van der Waals surface area contributed by atoms with Crippen molar-refractivity contribution in [1.29, 1.82) is 0 Å². The number of phenolic OH excluding ortho intramolecular Hbond substituents is 1. The van der Waals surface area contributed by atoms with Crippen LogP contribution < -0.4 is 0 Å². The smallest absolute Gasteiger partial charge is 0.243 e. The molecule has 19 heavy (non-hydrogen) atoms.